The zero-order chi connectivity index (χ0) is 10.6. The van der Waals surface area contributed by atoms with Gasteiger partial charge in [0.25, 0.3) is 0 Å². The molecule has 0 saturated carbocycles. The molecule has 78 valence electrons. The van der Waals surface area contributed by atoms with Gasteiger partial charge < -0.3 is 14.4 Å². The highest BCUT2D eigenvalue weighted by atomic mass is 16.5. The minimum atomic E-state index is -0.507. The van der Waals surface area contributed by atoms with Crippen LogP contribution in [0.2, 0.25) is 0 Å². The van der Waals surface area contributed by atoms with Gasteiger partial charge in [-0.1, -0.05) is 0 Å². The van der Waals surface area contributed by atoms with Crippen LogP contribution in [0.4, 0.5) is 0 Å². The van der Waals surface area contributed by atoms with Gasteiger partial charge in [-0.2, -0.15) is 0 Å². The number of hydrogen-bond donors (Lipinski definition) is 1. The van der Waals surface area contributed by atoms with Crippen molar-refractivity contribution in [3.8, 4) is 0 Å². The van der Waals surface area contributed by atoms with E-state index in [9.17, 15) is 4.79 Å². The third-order valence-electron chi connectivity index (χ3n) is 1.83. The molecule has 0 radical (unpaired) electrons. The molecule has 1 N–H and O–H groups in total. The number of aliphatic hydroxyl groups is 1. The van der Waals surface area contributed by atoms with Crippen LogP contribution in [-0.2, 0) is 16.1 Å². The lowest BCUT2D eigenvalue weighted by Crippen LogP contribution is -2.20. The zero-order valence-electron chi connectivity index (χ0n) is 8.17. The van der Waals surface area contributed by atoms with Gasteiger partial charge in [0, 0.05) is 0 Å². The van der Waals surface area contributed by atoms with Crippen molar-refractivity contribution in [3.05, 3.63) is 12.2 Å². The molecule has 0 aliphatic heterocycles. The van der Waals surface area contributed by atoms with Crippen LogP contribution >= 0.6 is 0 Å². The summed E-state index contributed by atoms with van der Waals surface area (Å²) in [5, 5.41) is 16.1. The molecule has 0 bridgehead atoms. The Morgan fingerprint density at radius 2 is 2.50 bits per heavy atom. The summed E-state index contributed by atoms with van der Waals surface area (Å²) in [7, 11) is 0. The molecule has 1 aromatic heterocycles. The standard InChI is InChI=1S/C8H13N3O3/c1-3-14-8(13)6(2)11-5-9-10-7(11)4-12/h5-6,12H,3-4H2,1-2H3. The third-order valence-corrected chi connectivity index (χ3v) is 1.83. The smallest absolute Gasteiger partial charge is 0.328 e. The Bertz CT molecular complexity index is 311. The number of nitrogens with zero attached hydrogens (tertiary/aromatic N) is 3. The second-order valence-corrected chi connectivity index (χ2v) is 2.74. The average Bonchev–Trinajstić information content (AvgIpc) is 2.64. The molecule has 1 rings (SSSR count). The predicted octanol–water partition coefficient (Wildman–Crippen LogP) is -0.106. The molecule has 1 aromatic rings. The molecule has 0 fully saturated rings. The molecule has 1 atom stereocenters. The fraction of sp³-hybridized carbons (Fsp3) is 0.625. The summed E-state index contributed by atoms with van der Waals surface area (Å²) < 4.78 is 6.31. The van der Waals surface area contributed by atoms with E-state index in [-0.39, 0.29) is 12.6 Å². The van der Waals surface area contributed by atoms with Gasteiger partial charge >= 0.3 is 5.97 Å². The first-order chi connectivity index (χ1) is 6.70. The normalized spacial score (nSPS) is 12.5. The SMILES string of the molecule is CCOC(=O)C(C)n1cnnc1CO. The summed E-state index contributed by atoms with van der Waals surface area (Å²) in [5.41, 5.74) is 0. The van der Waals surface area contributed by atoms with Crippen LogP contribution in [0.3, 0.4) is 0 Å². The summed E-state index contributed by atoms with van der Waals surface area (Å²) in [6.07, 6.45) is 1.40. The van der Waals surface area contributed by atoms with Crippen LogP contribution in [0, 0.1) is 0 Å². The van der Waals surface area contributed by atoms with Crippen molar-refractivity contribution in [1.29, 1.82) is 0 Å². The van der Waals surface area contributed by atoms with Crippen LogP contribution in [-0.4, -0.2) is 32.4 Å². The first kappa shape index (κ1) is 10.6. The highest BCUT2D eigenvalue weighted by Gasteiger charge is 2.18. The molecule has 0 aliphatic rings. The third kappa shape index (κ3) is 2.08. The highest BCUT2D eigenvalue weighted by molar-refractivity contribution is 5.73. The Hall–Kier alpha value is -1.43. The Morgan fingerprint density at radius 1 is 1.79 bits per heavy atom. The molecule has 0 amide bonds. The van der Waals surface area contributed by atoms with E-state index in [1.165, 1.54) is 10.9 Å². The molecule has 6 heteroatoms. The number of hydrogen-bond acceptors (Lipinski definition) is 5. The minimum Gasteiger partial charge on any atom is -0.464 e. The number of aliphatic hydroxyl groups excluding tert-OH is 1. The predicted molar refractivity (Wildman–Crippen MR) is 47.3 cm³/mol. The van der Waals surface area contributed by atoms with E-state index < -0.39 is 6.04 Å². The fourth-order valence-electron chi connectivity index (χ4n) is 1.08. The molecule has 0 spiro atoms. The summed E-state index contributed by atoms with van der Waals surface area (Å²) in [6.45, 7) is 3.49. The van der Waals surface area contributed by atoms with E-state index in [0.717, 1.165) is 0 Å². The van der Waals surface area contributed by atoms with Crippen molar-refractivity contribution in [1.82, 2.24) is 14.8 Å². The molecule has 14 heavy (non-hydrogen) atoms. The topological polar surface area (TPSA) is 77.2 Å². The highest BCUT2D eigenvalue weighted by Crippen LogP contribution is 2.09. The minimum absolute atomic E-state index is 0.246. The number of aromatic nitrogens is 3. The van der Waals surface area contributed by atoms with Crippen molar-refractivity contribution in [2.24, 2.45) is 0 Å². The molecular formula is C8H13N3O3. The molecule has 6 nitrogen and oxygen atoms in total. The van der Waals surface area contributed by atoms with Crippen molar-refractivity contribution in [2.45, 2.75) is 26.5 Å². The van der Waals surface area contributed by atoms with Gasteiger partial charge in [0.1, 0.15) is 19.0 Å². The molecular weight excluding hydrogens is 186 g/mol. The van der Waals surface area contributed by atoms with Gasteiger partial charge in [-0.25, -0.2) is 4.79 Å². The van der Waals surface area contributed by atoms with Gasteiger partial charge in [-0.05, 0) is 13.8 Å². The van der Waals surface area contributed by atoms with E-state index >= 15 is 0 Å². The van der Waals surface area contributed by atoms with Crippen molar-refractivity contribution < 1.29 is 14.6 Å². The summed E-state index contributed by atoms with van der Waals surface area (Å²) >= 11 is 0. The Morgan fingerprint density at radius 3 is 3.07 bits per heavy atom. The maximum Gasteiger partial charge on any atom is 0.328 e. The molecule has 1 heterocycles. The number of rotatable bonds is 4. The van der Waals surface area contributed by atoms with E-state index in [1.54, 1.807) is 13.8 Å². The molecule has 0 aromatic carbocycles. The van der Waals surface area contributed by atoms with Gasteiger partial charge in [0.15, 0.2) is 5.82 Å². The van der Waals surface area contributed by atoms with E-state index in [4.69, 9.17) is 9.84 Å². The lowest BCUT2D eigenvalue weighted by atomic mass is 10.3. The van der Waals surface area contributed by atoms with Gasteiger partial charge in [0.05, 0.1) is 6.61 Å². The first-order valence-corrected chi connectivity index (χ1v) is 4.36. The van der Waals surface area contributed by atoms with Crippen LogP contribution in [0.15, 0.2) is 6.33 Å². The van der Waals surface area contributed by atoms with Gasteiger partial charge in [0.2, 0.25) is 0 Å². The van der Waals surface area contributed by atoms with Crippen molar-refractivity contribution in [2.75, 3.05) is 6.61 Å². The van der Waals surface area contributed by atoms with Crippen LogP contribution in [0.1, 0.15) is 25.7 Å². The van der Waals surface area contributed by atoms with E-state index in [1.807, 2.05) is 0 Å². The number of carbonyl (C=O) groups is 1. The van der Waals surface area contributed by atoms with E-state index in [0.29, 0.717) is 12.4 Å². The lowest BCUT2D eigenvalue weighted by Gasteiger charge is -2.12. The van der Waals surface area contributed by atoms with Gasteiger partial charge in [-0.15, -0.1) is 10.2 Å². The maximum absolute atomic E-state index is 11.3. The van der Waals surface area contributed by atoms with E-state index in [2.05, 4.69) is 10.2 Å². The first-order valence-electron chi connectivity index (χ1n) is 4.36. The van der Waals surface area contributed by atoms with Crippen molar-refractivity contribution in [3.63, 3.8) is 0 Å². The zero-order valence-corrected chi connectivity index (χ0v) is 8.17. The van der Waals surface area contributed by atoms with Gasteiger partial charge in [-0.3, -0.25) is 0 Å². The number of ether oxygens (including phenoxy) is 1. The fourth-order valence-corrected chi connectivity index (χ4v) is 1.08. The average molecular weight is 199 g/mol. The van der Waals surface area contributed by atoms with Crippen LogP contribution < -0.4 is 0 Å². The largest absolute Gasteiger partial charge is 0.464 e. The van der Waals surface area contributed by atoms with Crippen LogP contribution in [0.25, 0.3) is 0 Å². The molecule has 1 unspecified atom stereocenters. The summed E-state index contributed by atoms with van der Waals surface area (Å²) in [6, 6.07) is -0.507. The summed E-state index contributed by atoms with van der Waals surface area (Å²) in [5.74, 6) is -0.00690. The molecule has 0 aliphatic carbocycles. The lowest BCUT2D eigenvalue weighted by molar-refractivity contribution is -0.146. The summed E-state index contributed by atoms with van der Waals surface area (Å²) in [4.78, 5) is 11.3. The monoisotopic (exact) mass is 199 g/mol. The Kier molecular flexibility index (Phi) is 3.58. The molecule has 0 saturated heterocycles. The second-order valence-electron chi connectivity index (χ2n) is 2.74. The maximum atomic E-state index is 11.3. The van der Waals surface area contributed by atoms with Crippen molar-refractivity contribution >= 4 is 5.97 Å². The Balaban J connectivity index is 2.77. The second kappa shape index (κ2) is 4.71. The van der Waals surface area contributed by atoms with Crippen LogP contribution in [0.5, 0.6) is 0 Å². The Labute approximate surface area is 81.5 Å². The number of carbonyl (C=O) groups excluding carboxylic acids is 1. The quantitative estimate of drug-likeness (QED) is 0.685. The number of esters is 1.